The molecule has 0 N–H and O–H groups in total. The molecule has 0 amide bonds. The normalized spacial score (nSPS) is 13.5. The van der Waals surface area contributed by atoms with Gasteiger partial charge in [-0.15, -0.1) is 21.5 Å². The fraction of sp³-hybridized carbons (Fsp3) is 0.300. The third-order valence-corrected chi connectivity index (χ3v) is 6.28. The second-order valence-corrected chi connectivity index (χ2v) is 8.75. The molecule has 0 bridgehead atoms. The lowest BCUT2D eigenvalue weighted by Gasteiger charge is -2.15. The quantitative estimate of drug-likeness (QED) is 0.365. The lowest BCUT2D eigenvalue weighted by Crippen LogP contribution is -2.13. The van der Waals surface area contributed by atoms with Crippen LogP contribution >= 0.6 is 35.6 Å². The van der Waals surface area contributed by atoms with Crippen LogP contribution in [0.3, 0.4) is 0 Å². The third-order valence-electron chi connectivity index (χ3n) is 4.71. The Morgan fingerprint density at radius 3 is 2.83 bits per heavy atom. The molecule has 0 aliphatic carbocycles. The van der Waals surface area contributed by atoms with Gasteiger partial charge in [0, 0.05) is 17.1 Å². The highest BCUT2D eigenvalue weighted by atomic mass is 35.5. The maximum absolute atomic E-state index is 6.07. The topological polar surface area (TPSA) is 69.6 Å². The van der Waals surface area contributed by atoms with Gasteiger partial charge in [0.25, 0.3) is 5.89 Å². The fourth-order valence-corrected chi connectivity index (χ4v) is 4.13. The van der Waals surface area contributed by atoms with Gasteiger partial charge in [0.1, 0.15) is 5.25 Å². The molecule has 0 saturated heterocycles. The first-order valence-electron chi connectivity index (χ1n) is 9.31. The first-order valence-corrected chi connectivity index (χ1v) is 11.1. The summed E-state index contributed by atoms with van der Waals surface area (Å²) in [6.07, 6.45) is 1.06. The Morgan fingerprint density at radius 2 is 2.10 bits per heavy atom. The van der Waals surface area contributed by atoms with Gasteiger partial charge < -0.3 is 9.09 Å². The number of thiophene rings is 1. The van der Waals surface area contributed by atoms with E-state index >= 15 is 0 Å². The first kappa shape index (κ1) is 20.1. The number of thiol groups is 1. The summed E-state index contributed by atoms with van der Waals surface area (Å²) < 4.78 is 7.56. The Hall–Kier alpha value is -2.16. The van der Waals surface area contributed by atoms with E-state index in [1.807, 2.05) is 29.6 Å². The molecule has 4 rings (SSSR count). The lowest BCUT2D eigenvalue weighted by atomic mass is 10.1. The van der Waals surface area contributed by atoms with Gasteiger partial charge in [0.05, 0.1) is 4.88 Å². The van der Waals surface area contributed by atoms with Crippen LogP contribution in [0.4, 0.5) is 0 Å². The predicted molar refractivity (Wildman–Crippen MR) is 118 cm³/mol. The van der Waals surface area contributed by atoms with Crippen LogP contribution in [0.15, 0.2) is 46.3 Å². The van der Waals surface area contributed by atoms with Gasteiger partial charge in [0.2, 0.25) is 0 Å². The Bertz CT molecular complexity index is 1090. The minimum atomic E-state index is -0.461. The van der Waals surface area contributed by atoms with E-state index in [0.717, 1.165) is 29.2 Å². The van der Waals surface area contributed by atoms with Crippen molar-refractivity contribution in [3.63, 3.8) is 0 Å². The molecule has 0 fully saturated rings. The largest absolute Gasteiger partial charge is 0.334 e. The fourth-order valence-electron chi connectivity index (χ4n) is 2.93. The van der Waals surface area contributed by atoms with Gasteiger partial charge in [-0.1, -0.05) is 49.2 Å². The van der Waals surface area contributed by atoms with Gasteiger partial charge >= 0.3 is 0 Å². The van der Waals surface area contributed by atoms with Crippen LogP contribution in [-0.2, 0) is 6.54 Å². The summed E-state index contributed by atoms with van der Waals surface area (Å²) in [6, 6.07) is 11.4. The van der Waals surface area contributed by atoms with Crippen molar-refractivity contribution >= 4 is 35.6 Å². The van der Waals surface area contributed by atoms with Crippen LogP contribution < -0.4 is 0 Å². The molecule has 9 heteroatoms. The number of benzene rings is 1. The average Bonchev–Trinajstić information content (AvgIpc) is 3.47. The summed E-state index contributed by atoms with van der Waals surface area (Å²) in [7, 11) is 0. The summed E-state index contributed by atoms with van der Waals surface area (Å²) in [5.41, 5.74) is 0.761. The average molecular weight is 446 g/mol. The summed E-state index contributed by atoms with van der Waals surface area (Å²) in [6.45, 7) is 5.18. The highest BCUT2D eigenvalue weighted by molar-refractivity contribution is 7.80. The molecule has 2 unspecified atom stereocenters. The Balaban J connectivity index is 1.69. The molecule has 6 nitrogen and oxygen atoms in total. The van der Waals surface area contributed by atoms with Crippen LogP contribution in [0.1, 0.15) is 37.2 Å². The monoisotopic (exact) mass is 445 g/mol. The van der Waals surface area contributed by atoms with Crippen molar-refractivity contribution in [2.45, 2.75) is 32.1 Å². The third kappa shape index (κ3) is 4.24. The van der Waals surface area contributed by atoms with E-state index in [1.165, 1.54) is 0 Å². The molecule has 0 aliphatic heterocycles. The lowest BCUT2D eigenvalue weighted by molar-refractivity contribution is 0.421. The molecule has 0 radical (unpaired) electrons. The molecule has 3 heterocycles. The van der Waals surface area contributed by atoms with Gasteiger partial charge in [-0.25, -0.2) is 0 Å². The van der Waals surface area contributed by atoms with Crippen molar-refractivity contribution in [3.8, 4) is 22.2 Å². The molecule has 0 aliphatic rings. The van der Waals surface area contributed by atoms with E-state index in [4.69, 9.17) is 28.8 Å². The molecular formula is C20H20ClN5OS2. The SMILES string of the molecule is CCC(C)Cn1c(-c2cccs2)nnc1C(S)c1noc(-c2cccc(Cl)c2)n1. The van der Waals surface area contributed by atoms with E-state index in [9.17, 15) is 0 Å². The zero-order valence-corrected chi connectivity index (χ0v) is 18.5. The Kier molecular flexibility index (Phi) is 6.03. The molecule has 0 saturated carbocycles. The van der Waals surface area contributed by atoms with Crippen molar-refractivity contribution < 1.29 is 4.52 Å². The summed E-state index contributed by atoms with van der Waals surface area (Å²) in [5, 5.41) is 15.2. The van der Waals surface area contributed by atoms with E-state index in [0.29, 0.717) is 28.5 Å². The smallest absolute Gasteiger partial charge is 0.258 e. The molecular weight excluding hydrogens is 426 g/mol. The summed E-state index contributed by atoms with van der Waals surface area (Å²) >= 11 is 12.5. The van der Waals surface area contributed by atoms with Crippen LogP contribution in [0.5, 0.6) is 0 Å². The molecule has 29 heavy (non-hydrogen) atoms. The second-order valence-electron chi connectivity index (χ2n) is 6.85. The zero-order chi connectivity index (χ0) is 20.4. The number of nitrogens with zero attached hydrogens (tertiary/aromatic N) is 5. The predicted octanol–water partition coefficient (Wildman–Crippen LogP) is 5.78. The minimum Gasteiger partial charge on any atom is -0.334 e. The maximum Gasteiger partial charge on any atom is 0.258 e. The van der Waals surface area contributed by atoms with Gasteiger partial charge in [-0.2, -0.15) is 17.6 Å². The van der Waals surface area contributed by atoms with Crippen LogP contribution in [0.25, 0.3) is 22.2 Å². The van der Waals surface area contributed by atoms with E-state index in [-0.39, 0.29) is 0 Å². The van der Waals surface area contributed by atoms with Crippen molar-refractivity contribution in [3.05, 3.63) is 58.4 Å². The standard InChI is InChI=1S/C20H20ClN5OS2/c1-3-12(2)11-26-18(15-8-5-9-29-15)23-24-19(26)16(28)17-22-20(27-25-17)13-6-4-7-14(21)10-13/h4-10,12,16,28H,3,11H2,1-2H3. The van der Waals surface area contributed by atoms with Crippen LogP contribution in [-0.4, -0.2) is 24.9 Å². The molecule has 4 aromatic rings. The maximum atomic E-state index is 6.07. The van der Waals surface area contributed by atoms with Crippen molar-refractivity contribution in [1.82, 2.24) is 24.9 Å². The van der Waals surface area contributed by atoms with E-state index in [2.05, 4.69) is 38.8 Å². The molecule has 3 aromatic heterocycles. The van der Waals surface area contributed by atoms with Crippen LogP contribution in [0, 0.1) is 5.92 Å². The Labute approximate surface area is 183 Å². The molecule has 150 valence electrons. The van der Waals surface area contributed by atoms with Gasteiger partial charge in [-0.05, 0) is 35.6 Å². The Morgan fingerprint density at radius 1 is 1.24 bits per heavy atom. The van der Waals surface area contributed by atoms with Crippen molar-refractivity contribution in [2.24, 2.45) is 5.92 Å². The number of rotatable bonds is 7. The van der Waals surface area contributed by atoms with Crippen molar-refractivity contribution in [2.75, 3.05) is 0 Å². The molecule has 1 aromatic carbocycles. The van der Waals surface area contributed by atoms with Gasteiger partial charge in [0.15, 0.2) is 17.5 Å². The zero-order valence-electron chi connectivity index (χ0n) is 16.0. The van der Waals surface area contributed by atoms with E-state index < -0.39 is 5.25 Å². The number of hydrogen-bond donors (Lipinski definition) is 1. The van der Waals surface area contributed by atoms with Crippen molar-refractivity contribution in [1.29, 1.82) is 0 Å². The first-order chi connectivity index (χ1) is 14.1. The second kappa shape index (κ2) is 8.69. The number of hydrogen-bond acceptors (Lipinski definition) is 7. The highest BCUT2D eigenvalue weighted by Crippen LogP contribution is 2.32. The molecule has 0 spiro atoms. The highest BCUT2D eigenvalue weighted by Gasteiger charge is 2.26. The number of aromatic nitrogens is 5. The van der Waals surface area contributed by atoms with Crippen LogP contribution in [0.2, 0.25) is 5.02 Å². The van der Waals surface area contributed by atoms with Gasteiger partial charge in [-0.3, -0.25) is 0 Å². The van der Waals surface area contributed by atoms with E-state index in [1.54, 1.807) is 23.5 Å². The summed E-state index contributed by atoms with van der Waals surface area (Å²) in [5.74, 6) is 2.85. The number of halogens is 1. The minimum absolute atomic E-state index is 0.396. The molecule has 2 atom stereocenters. The summed E-state index contributed by atoms with van der Waals surface area (Å²) in [4.78, 5) is 5.59.